The highest BCUT2D eigenvalue weighted by Crippen LogP contribution is 2.31. The van der Waals surface area contributed by atoms with Crippen LogP contribution in [0.3, 0.4) is 0 Å². The van der Waals surface area contributed by atoms with Crippen molar-refractivity contribution in [3.8, 4) is 11.5 Å². The Hall–Kier alpha value is -0.960. The van der Waals surface area contributed by atoms with Crippen molar-refractivity contribution in [2.24, 2.45) is 0 Å². The normalized spacial score (nSPS) is 12.0. The number of rotatable bonds is 7. The van der Waals surface area contributed by atoms with Crippen LogP contribution in [0.1, 0.15) is 12.0 Å². The highest BCUT2D eigenvalue weighted by Gasteiger charge is 2.05. The van der Waals surface area contributed by atoms with Gasteiger partial charge in [-0.1, -0.05) is 43.0 Å². The molecule has 1 N–H and O–H groups in total. The maximum Gasteiger partial charge on any atom is 0.192 e. The second kappa shape index (κ2) is 9.87. The van der Waals surface area contributed by atoms with Crippen LogP contribution < -0.4 is 6.13 Å². The third-order valence-electron chi connectivity index (χ3n) is 2.29. The zero-order valence-corrected chi connectivity index (χ0v) is 14.9. The lowest BCUT2D eigenvalue weighted by atomic mass is 10.1. The van der Waals surface area contributed by atoms with Crippen LogP contribution in [0.15, 0.2) is 60.9 Å². The van der Waals surface area contributed by atoms with E-state index in [1.54, 1.807) is 70.3 Å². The molecular formula is C15H14I2O3. The molecule has 1 aromatic rings. The van der Waals surface area contributed by atoms with E-state index in [9.17, 15) is 5.11 Å². The molecule has 3 nitrogen and oxygen atoms in total. The Bertz CT molecular complexity index is 534. The number of aliphatic hydroxyl groups excluding tert-OH is 1. The third kappa shape index (κ3) is 6.00. The van der Waals surface area contributed by atoms with Crippen molar-refractivity contribution in [2.75, 3.05) is 0 Å². The molecule has 0 unspecified atom stereocenters. The van der Waals surface area contributed by atoms with E-state index in [4.69, 9.17) is 6.13 Å². The van der Waals surface area contributed by atoms with E-state index in [-0.39, 0.29) is 5.76 Å². The van der Waals surface area contributed by atoms with Gasteiger partial charge in [0.1, 0.15) is 0 Å². The molecular weight excluding hydrogens is 482 g/mol. The van der Waals surface area contributed by atoms with Gasteiger partial charge in [-0.05, 0) is 23.8 Å². The summed E-state index contributed by atoms with van der Waals surface area (Å²) in [7, 11) is 0. The largest absolute Gasteiger partial charge is 0.512 e. The Morgan fingerprint density at radius 1 is 1.15 bits per heavy atom. The van der Waals surface area contributed by atoms with Crippen molar-refractivity contribution in [1.82, 2.24) is 0 Å². The predicted octanol–water partition coefficient (Wildman–Crippen LogP) is 5.73. The van der Waals surface area contributed by atoms with Crippen LogP contribution in [0.25, 0.3) is 6.08 Å². The number of aliphatic hydroxyl groups is 1. The van der Waals surface area contributed by atoms with Crippen LogP contribution in [0, 0.1) is 0 Å². The van der Waals surface area contributed by atoms with Crippen LogP contribution in [0.4, 0.5) is 0 Å². The summed E-state index contributed by atoms with van der Waals surface area (Å²) < 4.78 is 10.3. The van der Waals surface area contributed by atoms with E-state index in [1.807, 2.05) is 30.4 Å². The molecule has 0 spiro atoms. The molecule has 0 amide bonds. The smallest absolute Gasteiger partial charge is 0.192 e. The average molecular weight is 496 g/mol. The monoisotopic (exact) mass is 496 g/mol. The first-order valence-electron chi connectivity index (χ1n) is 5.76. The molecule has 0 saturated carbocycles. The molecule has 20 heavy (non-hydrogen) atoms. The standard InChI is InChI=1S/C15H14I2O3/c1-2-3-4-5-6-7-13(18)10-12-8-9-14(19-16)15(11-12)20-17/h2-6,8-11,18H,1,7H2/b4-3-,6-5-,13-10-. The van der Waals surface area contributed by atoms with Crippen LogP contribution in [-0.2, 0) is 0 Å². The van der Waals surface area contributed by atoms with E-state index in [2.05, 4.69) is 6.58 Å². The summed E-state index contributed by atoms with van der Waals surface area (Å²) in [6, 6.07) is 5.45. The van der Waals surface area contributed by atoms with Crippen molar-refractivity contribution in [1.29, 1.82) is 0 Å². The Labute approximate surface area is 147 Å². The molecule has 0 aliphatic rings. The summed E-state index contributed by atoms with van der Waals surface area (Å²) in [5.41, 5.74) is 0.849. The van der Waals surface area contributed by atoms with Gasteiger partial charge in [0.05, 0.1) is 5.76 Å². The average Bonchev–Trinajstić information content (AvgIpc) is 2.46. The van der Waals surface area contributed by atoms with Crippen molar-refractivity contribution in [3.05, 3.63) is 66.5 Å². The van der Waals surface area contributed by atoms with E-state index in [1.165, 1.54) is 0 Å². The Balaban J connectivity index is 2.75. The molecule has 5 heteroatoms. The zero-order chi connectivity index (χ0) is 14.8. The van der Waals surface area contributed by atoms with Gasteiger partial charge in [-0.15, -0.1) is 0 Å². The van der Waals surface area contributed by atoms with Gasteiger partial charge in [0.25, 0.3) is 0 Å². The number of hydrogen-bond donors (Lipinski definition) is 1. The van der Waals surface area contributed by atoms with Gasteiger partial charge in [-0.2, -0.15) is 0 Å². The van der Waals surface area contributed by atoms with Crippen molar-refractivity contribution in [2.45, 2.75) is 6.42 Å². The molecule has 106 valence electrons. The molecule has 0 aliphatic heterocycles. The van der Waals surface area contributed by atoms with Gasteiger partial charge in [-0.25, -0.2) is 0 Å². The zero-order valence-electron chi connectivity index (χ0n) is 10.6. The number of allylic oxidation sites excluding steroid dienone is 5. The maximum atomic E-state index is 9.84. The molecule has 0 atom stereocenters. The fourth-order valence-electron chi connectivity index (χ4n) is 1.40. The quantitative estimate of drug-likeness (QED) is 0.298. The van der Waals surface area contributed by atoms with Crippen molar-refractivity contribution < 1.29 is 11.2 Å². The highest BCUT2D eigenvalue weighted by molar-refractivity contribution is 14.1. The number of benzene rings is 1. The topological polar surface area (TPSA) is 38.7 Å². The second-order valence-electron chi connectivity index (χ2n) is 3.75. The fraction of sp³-hybridized carbons (Fsp3) is 0.0667. The SMILES string of the molecule is C=C/C=C\C=C/C/C(O)=C/c1ccc(OI)c(OI)c1. The highest BCUT2D eigenvalue weighted by atomic mass is 127. The van der Waals surface area contributed by atoms with Crippen LogP contribution in [0.2, 0.25) is 0 Å². The van der Waals surface area contributed by atoms with Crippen LogP contribution >= 0.6 is 46.0 Å². The summed E-state index contributed by atoms with van der Waals surface area (Å²) in [5.74, 6) is 1.54. The lowest BCUT2D eigenvalue weighted by Gasteiger charge is -2.05. The molecule has 1 rings (SSSR count). The Morgan fingerprint density at radius 3 is 2.55 bits per heavy atom. The van der Waals surface area contributed by atoms with Crippen molar-refractivity contribution in [3.63, 3.8) is 0 Å². The minimum Gasteiger partial charge on any atom is -0.512 e. The molecule has 0 fully saturated rings. The van der Waals surface area contributed by atoms with E-state index >= 15 is 0 Å². The van der Waals surface area contributed by atoms with Gasteiger partial charge < -0.3 is 11.2 Å². The molecule has 0 aliphatic carbocycles. The molecule has 1 aromatic carbocycles. The van der Waals surface area contributed by atoms with Gasteiger partial charge in [-0.3, -0.25) is 0 Å². The van der Waals surface area contributed by atoms with E-state index in [0.717, 1.165) is 5.56 Å². The summed E-state index contributed by atoms with van der Waals surface area (Å²) in [5, 5.41) is 9.84. The summed E-state index contributed by atoms with van der Waals surface area (Å²) >= 11 is 3.59. The lowest BCUT2D eigenvalue weighted by molar-refractivity contribution is 0.407. The second-order valence-corrected chi connectivity index (χ2v) is 4.63. The fourth-order valence-corrected chi connectivity index (χ4v) is 2.11. The summed E-state index contributed by atoms with van der Waals surface area (Å²) in [6.07, 6.45) is 11.3. The first-order valence-corrected chi connectivity index (χ1v) is 7.52. The Kier molecular flexibility index (Phi) is 8.43. The minimum absolute atomic E-state index is 0.274. The van der Waals surface area contributed by atoms with Gasteiger partial charge in [0.15, 0.2) is 57.5 Å². The van der Waals surface area contributed by atoms with Crippen molar-refractivity contribution >= 4 is 52.1 Å². The first kappa shape index (κ1) is 17.1. The van der Waals surface area contributed by atoms with Gasteiger partial charge in [0, 0.05) is 6.42 Å². The minimum atomic E-state index is 0.274. The molecule has 0 radical (unpaired) electrons. The van der Waals surface area contributed by atoms with Gasteiger partial charge >= 0.3 is 0 Å². The van der Waals surface area contributed by atoms with E-state index in [0.29, 0.717) is 17.9 Å². The molecule has 0 heterocycles. The third-order valence-corrected chi connectivity index (χ3v) is 3.24. The number of halogens is 2. The summed E-state index contributed by atoms with van der Waals surface area (Å²) in [4.78, 5) is 0. The lowest BCUT2D eigenvalue weighted by Crippen LogP contribution is -1.84. The molecule has 0 aromatic heterocycles. The van der Waals surface area contributed by atoms with Crippen LogP contribution in [-0.4, -0.2) is 5.11 Å². The number of hydrogen-bond acceptors (Lipinski definition) is 3. The first-order chi connectivity index (χ1) is 9.71. The van der Waals surface area contributed by atoms with E-state index < -0.39 is 0 Å². The molecule has 0 saturated heterocycles. The maximum absolute atomic E-state index is 9.84. The Morgan fingerprint density at radius 2 is 1.90 bits per heavy atom. The summed E-state index contributed by atoms with van der Waals surface area (Å²) in [6.45, 7) is 3.57. The van der Waals surface area contributed by atoms with Gasteiger partial charge in [0.2, 0.25) is 0 Å². The molecule has 0 bridgehead atoms. The van der Waals surface area contributed by atoms with Crippen LogP contribution in [0.5, 0.6) is 11.5 Å². The predicted molar refractivity (Wildman–Crippen MR) is 99.4 cm³/mol.